The normalized spacial score (nSPS) is 18.6. The zero-order valence-electron chi connectivity index (χ0n) is 19.0. The molecule has 1 aliphatic heterocycles. The number of rotatable bonds is 8. The molecule has 2 aromatic carbocycles. The van der Waals surface area contributed by atoms with Crippen LogP contribution in [0.3, 0.4) is 0 Å². The van der Waals surface area contributed by atoms with Crippen LogP contribution in [-0.2, 0) is 22.4 Å². The fraction of sp³-hybridized carbons (Fsp3) is 0.346. The van der Waals surface area contributed by atoms with Gasteiger partial charge < -0.3 is 19.8 Å². The van der Waals surface area contributed by atoms with E-state index in [0.717, 1.165) is 12.0 Å². The van der Waals surface area contributed by atoms with Crippen molar-refractivity contribution in [2.24, 2.45) is 0 Å². The zero-order valence-corrected chi connectivity index (χ0v) is 19.7. The van der Waals surface area contributed by atoms with E-state index in [1.807, 2.05) is 30.3 Å². The van der Waals surface area contributed by atoms with Gasteiger partial charge in [-0.15, -0.1) is 0 Å². The van der Waals surface area contributed by atoms with Crippen LogP contribution >= 0.6 is 11.6 Å². The van der Waals surface area contributed by atoms with Crippen LogP contribution in [0, 0.1) is 6.92 Å². The van der Waals surface area contributed by atoms with Gasteiger partial charge in [0, 0.05) is 24.1 Å². The highest BCUT2D eigenvalue weighted by molar-refractivity contribution is 6.30. The Kier molecular flexibility index (Phi) is 7.65. The molecule has 7 nitrogen and oxygen atoms in total. The quantitative estimate of drug-likeness (QED) is 0.512. The molecule has 178 valence electrons. The smallest absolute Gasteiger partial charge is 0.243 e. The summed E-state index contributed by atoms with van der Waals surface area (Å²) in [6.45, 7) is 1.89. The summed E-state index contributed by atoms with van der Waals surface area (Å²) in [4.78, 5) is 27.7. The molecule has 2 amide bonds. The molecule has 1 aliphatic rings. The molecule has 3 aromatic rings. The Balaban J connectivity index is 1.48. The molecule has 8 heteroatoms. The van der Waals surface area contributed by atoms with Gasteiger partial charge in [0.15, 0.2) is 0 Å². The fourth-order valence-electron chi connectivity index (χ4n) is 4.33. The molecule has 3 atom stereocenters. The molecule has 3 unspecified atom stereocenters. The lowest BCUT2D eigenvalue weighted by Crippen LogP contribution is -2.47. The summed E-state index contributed by atoms with van der Waals surface area (Å²) < 4.78 is 5.15. The maximum Gasteiger partial charge on any atom is 0.243 e. The number of benzene rings is 2. The number of likely N-dealkylation sites (tertiary alicyclic amines) is 1. The maximum absolute atomic E-state index is 13.3. The van der Waals surface area contributed by atoms with Gasteiger partial charge in [-0.2, -0.15) is 0 Å². The van der Waals surface area contributed by atoms with Crippen LogP contribution in [0.5, 0.6) is 0 Å². The van der Waals surface area contributed by atoms with Crippen molar-refractivity contribution < 1.29 is 19.2 Å². The largest absolute Gasteiger partial charge is 0.391 e. The summed E-state index contributed by atoms with van der Waals surface area (Å²) in [6.07, 6.45) is 0.882. The SMILES string of the molecule is Cc1cc(CC(=O)N2CC(O)CC2C(=O)NC(CCc2ccccc2)c2ccc(Cl)cc2)on1. The Morgan fingerprint density at radius 1 is 1.21 bits per heavy atom. The molecule has 34 heavy (non-hydrogen) atoms. The highest BCUT2D eigenvalue weighted by atomic mass is 35.5. The van der Waals surface area contributed by atoms with Crippen LogP contribution in [0.2, 0.25) is 5.02 Å². The lowest BCUT2D eigenvalue weighted by molar-refractivity contribution is -0.138. The summed E-state index contributed by atoms with van der Waals surface area (Å²) in [5.41, 5.74) is 2.79. The number of nitrogens with zero attached hydrogens (tertiary/aromatic N) is 2. The summed E-state index contributed by atoms with van der Waals surface area (Å²) >= 11 is 6.07. The summed E-state index contributed by atoms with van der Waals surface area (Å²) in [5, 5.41) is 17.8. The van der Waals surface area contributed by atoms with Crippen LogP contribution in [-0.4, -0.2) is 45.7 Å². The van der Waals surface area contributed by atoms with Crippen molar-refractivity contribution in [3.63, 3.8) is 0 Å². The van der Waals surface area contributed by atoms with Crippen LogP contribution in [0.1, 0.15) is 41.5 Å². The third-order valence-corrected chi connectivity index (χ3v) is 6.31. The third kappa shape index (κ3) is 6.04. The predicted molar refractivity (Wildman–Crippen MR) is 128 cm³/mol. The second-order valence-corrected chi connectivity index (χ2v) is 9.14. The van der Waals surface area contributed by atoms with Gasteiger partial charge in [-0.25, -0.2) is 0 Å². The monoisotopic (exact) mass is 481 g/mol. The van der Waals surface area contributed by atoms with E-state index in [1.54, 1.807) is 25.1 Å². The molecule has 0 spiro atoms. The topological polar surface area (TPSA) is 95.7 Å². The van der Waals surface area contributed by atoms with Gasteiger partial charge in [0.25, 0.3) is 0 Å². The van der Waals surface area contributed by atoms with E-state index in [4.69, 9.17) is 16.1 Å². The van der Waals surface area contributed by atoms with Crippen molar-refractivity contribution in [2.75, 3.05) is 6.54 Å². The third-order valence-electron chi connectivity index (χ3n) is 6.06. The number of hydrogen-bond acceptors (Lipinski definition) is 5. The van der Waals surface area contributed by atoms with Gasteiger partial charge in [0.1, 0.15) is 11.8 Å². The first kappa shape index (κ1) is 24.0. The highest BCUT2D eigenvalue weighted by Gasteiger charge is 2.39. The summed E-state index contributed by atoms with van der Waals surface area (Å²) in [6, 6.07) is 18.1. The van der Waals surface area contributed by atoms with Crippen LogP contribution < -0.4 is 5.32 Å². The second kappa shape index (κ2) is 10.8. The number of β-amino-alcohol motifs (C(OH)–C–C–N with tert-alkyl or cyclic N) is 1. The molecular formula is C26H28ClN3O4. The minimum Gasteiger partial charge on any atom is -0.391 e. The van der Waals surface area contributed by atoms with E-state index >= 15 is 0 Å². The number of carbonyl (C=O) groups is 2. The van der Waals surface area contributed by atoms with Crippen molar-refractivity contribution in [3.8, 4) is 0 Å². The first-order chi connectivity index (χ1) is 16.4. The van der Waals surface area contributed by atoms with Gasteiger partial charge >= 0.3 is 0 Å². The number of aliphatic hydroxyl groups excluding tert-OH is 1. The number of hydrogen-bond donors (Lipinski definition) is 2. The van der Waals surface area contributed by atoms with Gasteiger partial charge in [-0.1, -0.05) is 59.2 Å². The molecule has 4 rings (SSSR count). The van der Waals surface area contributed by atoms with Gasteiger partial charge in [0.2, 0.25) is 11.8 Å². The Morgan fingerprint density at radius 2 is 1.94 bits per heavy atom. The first-order valence-electron chi connectivity index (χ1n) is 11.4. The Bertz CT molecular complexity index is 1120. The molecule has 1 fully saturated rings. The highest BCUT2D eigenvalue weighted by Crippen LogP contribution is 2.25. The average Bonchev–Trinajstić information content (AvgIpc) is 3.43. The van der Waals surface area contributed by atoms with Crippen molar-refractivity contribution in [2.45, 2.75) is 50.8 Å². The lowest BCUT2D eigenvalue weighted by Gasteiger charge is -2.26. The molecular weight excluding hydrogens is 454 g/mol. The Morgan fingerprint density at radius 3 is 2.62 bits per heavy atom. The average molecular weight is 482 g/mol. The van der Waals surface area contributed by atoms with Crippen molar-refractivity contribution in [1.29, 1.82) is 0 Å². The molecule has 0 aliphatic carbocycles. The minimum atomic E-state index is -0.755. The zero-order chi connectivity index (χ0) is 24.1. The number of aromatic nitrogens is 1. The number of aliphatic hydroxyl groups is 1. The number of nitrogens with one attached hydrogen (secondary N) is 1. The molecule has 0 radical (unpaired) electrons. The summed E-state index contributed by atoms with van der Waals surface area (Å²) in [7, 11) is 0. The Hall–Kier alpha value is -3.16. The van der Waals surface area contributed by atoms with Crippen LogP contribution in [0.15, 0.2) is 65.2 Å². The van der Waals surface area contributed by atoms with E-state index in [-0.39, 0.29) is 37.2 Å². The number of aryl methyl sites for hydroxylation is 2. The standard InChI is InChI=1S/C26H28ClN3O4/c1-17-13-22(34-29-17)15-25(32)30-16-21(31)14-24(30)26(33)28-23(19-8-10-20(27)11-9-19)12-7-18-5-3-2-4-6-18/h2-6,8-11,13,21,23-24,31H,7,12,14-16H2,1H3,(H,28,33). The maximum atomic E-state index is 13.3. The fourth-order valence-corrected chi connectivity index (χ4v) is 4.46. The molecule has 0 bridgehead atoms. The molecule has 1 saturated heterocycles. The predicted octanol–water partition coefficient (Wildman–Crippen LogP) is 3.63. The number of halogens is 1. The number of amides is 2. The van der Waals surface area contributed by atoms with E-state index in [1.165, 1.54) is 10.5 Å². The van der Waals surface area contributed by atoms with Crippen LogP contribution in [0.25, 0.3) is 0 Å². The van der Waals surface area contributed by atoms with Gasteiger partial charge in [-0.3, -0.25) is 9.59 Å². The molecule has 0 saturated carbocycles. The van der Waals surface area contributed by atoms with Gasteiger partial charge in [-0.05, 0) is 43.0 Å². The second-order valence-electron chi connectivity index (χ2n) is 8.70. The van der Waals surface area contributed by atoms with Crippen molar-refractivity contribution in [1.82, 2.24) is 15.4 Å². The molecule has 1 aromatic heterocycles. The van der Waals surface area contributed by atoms with E-state index in [2.05, 4.69) is 22.6 Å². The van der Waals surface area contributed by atoms with Gasteiger partial charge in [0.05, 0.1) is 24.3 Å². The molecule has 2 N–H and O–H groups in total. The van der Waals surface area contributed by atoms with Crippen molar-refractivity contribution in [3.05, 3.63) is 88.3 Å². The molecule has 2 heterocycles. The van der Waals surface area contributed by atoms with Crippen molar-refractivity contribution >= 4 is 23.4 Å². The lowest BCUT2D eigenvalue weighted by atomic mass is 9.98. The number of carbonyl (C=O) groups excluding carboxylic acids is 2. The van der Waals surface area contributed by atoms with E-state index in [9.17, 15) is 14.7 Å². The first-order valence-corrected chi connectivity index (χ1v) is 11.8. The Labute approximate surface area is 203 Å². The van der Waals surface area contributed by atoms with E-state index in [0.29, 0.717) is 22.9 Å². The minimum absolute atomic E-state index is 0.00798. The summed E-state index contributed by atoms with van der Waals surface area (Å²) in [5.74, 6) is -0.128. The van der Waals surface area contributed by atoms with E-state index < -0.39 is 12.1 Å². The van der Waals surface area contributed by atoms with Crippen LogP contribution in [0.4, 0.5) is 0 Å².